The number of hydrogen-bond acceptors (Lipinski definition) is 4. The molecule has 0 bridgehead atoms. The van der Waals surface area contributed by atoms with Crippen LogP contribution < -0.4 is 0 Å². The van der Waals surface area contributed by atoms with Crippen LogP contribution in [0.25, 0.3) is 0 Å². The van der Waals surface area contributed by atoms with E-state index < -0.39 is 0 Å². The number of ketones is 2. The fraction of sp³-hybridized carbons (Fsp3) is 0.750. The molecular formula is C16H29O4P3. The zero-order valence-corrected chi connectivity index (χ0v) is 17.3. The maximum atomic E-state index is 12.2. The lowest BCUT2D eigenvalue weighted by Crippen LogP contribution is -2.21. The third kappa shape index (κ3) is 7.37. The van der Waals surface area contributed by atoms with Crippen LogP contribution in [0.1, 0.15) is 52.4 Å². The van der Waals surface area contributed by atoms with Gasteiger partial charge in [0.15, 0.2) is 0 Å². The molecule has 7 atom stereocenters. The Bertz CT molecular complexity index is 414. The average Bonchev–Trinajstić information content (AvgIpc) is 2.80. The standard InChI is InChI=1S/C16H29O4P3/c1-3-4-5-6-12(20-23-22)7-8-13-14(9-11(2)17)15(18)10-16(13)19-21/h7-8,12-14,16,23H,3-6,9-10,21-22H2,1-2H3/b8-7+/t12-,13+,14+,16+/m0/s1. The largest absolute Gasteiger partial charge is 0.361 e. The van der Waals surface area contributed by atoms with Gasteiger partial charge in [0.05, 0.1) is 12.2 Å². The van der Waals surface area contributed by atoms with Crippen LogP contribution in [0.2, 0.25) is 0 Å². The summed E-state index contributed by atoms with van der Waals surface area (Å²) in [6, 6.07) is 0. The highest BCUT2D eigenvalue weighted by molar-refractivity contribution is 8.00. The van der Waals surface area contributed by atoms with E-state index in [1.54, 1.807) is 0 Å². The van der Waals surface area contributed by atoms with Gasteiger partial charge in [0.1, 0.15) is 11.6 Å². The summed E-state index contributed by atoms with van der Waals surface area (Å²) >= 11 is 0. The Kier molecular flexibility index (Phi) is 10.9. The molecule has 132 valence electrons. The zero-order chi connectivity index (χ0) is 17.2. The SMILES string of the molecule is CCCCC[C@@H](/C=C/[C@H]1[C@H](OP)CC(=O)[C@@H]1CC(C)=O)OPP. The number of unbranched alkanes of at least 4 members (excludes halogenated alkanes) is 2. The van der Waals surface area contributed by atoms with Gasteiger partial charge in [-0.2, -0.15) is 0 Å². The van der Waals surface area contributed by atoms with Crippen LogP contribution in [0.3, 0.4) is 0 Å². The van der Waals surface area contributed by atoms with Gasteiger partial charge >= 0.3 is 0 Å². The van der Waals surface area contributed by atoms with Gasteiger partial charge in [0.2, 0.25) is 0 Å². The van der Waals surface area contributed by atoms with E-state index in [0.29, 0.717) is 21.3 Å². The number of hydrogen-bond donors (Lipinski definition) is 0. The Morgan fingerprint density at radius 2 is 2.22 bits per heavy atom. The first-order valence-electron chi connectivity index (χ1n) is 8.20. The van der Waals surface area contributed by atoms with Gasteiger partial charge < -0.3 is 13.8 Å². The van der Waals surface area contributed by atoms with E-state index in [-0.39, 0.29) is 35.6 Å². The highest BCUT2D eigenvalue weighted by Gasteiger charge is 2.41. The van der Waals surface area contributed by atoms with Crippen molar-refractivity contribution in [2.24, 2.45) is 11.8 Å². The maximum absolute atomic E-state index is 12.2. The van der Waals surface area contributed by atoms with E-state index in [1.165, 1.54) is 19.8 Å². The van der Waals surface area contributed by atoms with Crippen molar-refractivity contribution in [3.05, 3.63) is 12.2 Å². The van der Waals surface area contributed by atoms with Gasteiger partial charge in [0.25, 0.3) is 0 Å². The first kappa shape index (κ1) is 21.3. The fourth-order valence-electron chi connectivity index (χ4n) is 3.05. The third-order valence-corrected chi connectivity index (χ3v) is 5.45. The Morgan fingerprint density at radius 3 is 2.78 bits per heavy atom. The Labute approximate surface area is 146 Å². The lowest BCUT2D eigenvalue weighted by Gasteiger charge is -2.20. The molecule has 7 heteroatoms. The highest BCUT2D eigenvalue weighted by Crippen LogP contribution is 2.36. The molecular weight excluding hydrogens is 349 g/mol. The summed E-state index contributed by atoms with van der Waals surface area (Å²) in [4.78, 5) is 23.6. The van der Waals surface area contributed by atoms with E-state index >= 15 is 0 Å². The maximum Gasteiger partial charge on any atom is 0.139 e. The average molecular weight is 378 g/mol. The number of Topliss-reactive ketones (excluding diaryl/α,β-unsaturated/α-hetero) is 2. The first-order chi connectivity index (χ1) is 11.0. The monoisotopic (exact) mass is 378 g/mol. The fourth-order valence-corrected chi connectivity index (χ4v) is 4.22. The van der Waals surface area contributed by atoms with Crippen molar-refractivity contribution in [2.45, 2.75) is 64.6 Å². The van der Waals surface area contributed by atoms with E-state index in [4.69, 9.17) is 9.05 Å². The van der Waals surface area contributed by atoms with Crippen molar-refractivity contribution in [1.82, 2.24) is 0 Å². The predicted molar refractivity (Wildman–Crippen MR) is 103 cm³/mol. The topological polar surface area (TPSA) is 52.6 Å². The molecule has 0 N–H and O–H groups in total. The first-order valence-corrected chi connectivity index (χ1v) is 11.4. The lowest BCUT2D eigenvalue weighted by molar-refractivity contribution is -0.125. The van der Waals surface area contributed by atoms with Gasteiger partial charge in [-0.15, -0.1) is 0 Å². The molecule has 1 aliphatic rings. The summed E-state index contributed by atoms with van der Waals surface area (Å²) in [7, 11) is 5.22. The highest BCUT2D eigenvalue weighted by atomic mass is 32.0. The molecule has 0 heterocycles. The van der Waals surface area contributed by atoms with E-state index in [2.05, 4.69) is 31.4 Å². The zero-order valence-electron chi connectivity index (χ0n) is 14.0. The molecule has 0 aromatic carbocycles. The quantitative estimate of drug-likeness (QED) is 0.306. The van der Waals surface area contributed by atoms with Crippen LogP contribution in [-0.4, -0.2) is 23.8 Å². The molecule has 1 rings (SSSR count). The van der Waals surface area contributed by atoms with E-state index in [9.17, 15) is 9.59 Å². The molecule has 0 aromatic heterocycles. The van der Waals surface area contributed by atoms with Crippen molar-refractivity contribution in [3.8, 4) is 0 Å². The summed E-state index contributed by atoms with van der Waals surface area (Å²) in [6.45, 7) is 3.72. The Hall–Kier alpha value is 0.290. The minimum absolute atomic E-state index is 0.0472. The Balaban J connectivity index is 2.76. The van der Waals surface area contributed by atoms with Gasteiger partial charge in [-0.25, -0.2) is 0 Å². The van der Waals surface area contributed by atoms with Gasteiger partial charge in [-0.3, -0.25) is 4.79 Å². The van der Waals surface area contributed by atoms with Crippen molar-refractivity contribution in [2.75, 3.05) is 0 Å². The molecule has 1 aliphatic carbocycles. The van der Waals surface area contributed by atoms with Crippen LogP contribution in [-0.2, 0) is 18.6 Å². The minimum Gasteiger partial charge on any atom is -0.361 e. The van der Waals surface area contributed by atoms with Gasteiger partial charge in [0, 0.05) is 42.6 Å². The summed E-state index contributed by atoms with van der Waals surface area (Å²) in [5.74, 6) is -0.134. The normalized spacial score (nSPS) is 26.6. The molecule has 1 saturated carbocycles. The van der Waals surface area contributed by atoms with Crippen LogP contribution in [0.15, 0.2) is 12.2 Å². The number of rotatable bonds is 11. The van der Waals surface area contributed by atoms with Crippen molar-refractivity contribution in [3.63, 3.8) is 0 Å². The summed E-state index contributed by atoms with van der Waals surface area (Å²) in [5, 5.41) is 0. The van der Waals surface area contributed by atoms with Crippen LogP contribution in [0.5, 0.6) is 0 Å². The smallest absolute Gasteiger partial charge is 0.139 e. The Morgan fingerprint density at radius 1 is 1.48 bits per heavy atom. The van der Waals surface area contributed by atoms with E-state index in [1.807, 2.05) is 6.08 Å². The van der Waals surface area contributed by atoms with Crippen molar-refractivity contribution in [1.29, 1.82) is 0 Å². The van der Waals surface area contributed by atoms with Crippen LogP contribution in [0.4, 0.5) is 0 Å². The molecule has 0 aliphatic heterocycles. The molecule has 0 spiro atoms. The van der Waals surface area contributed by atoms with Crippen LogP contribution in [0, 0.1) is 11.8 Å². The molecule has 1 fully saturated rings. The lowest BCUT2D eigenvalue weighted by atomic mass is 9.89. The molecule has 0 amide bonds. The number of carbonyl (C=O) groups is 2. The van der Waals surface area contributed by atoms with E-state index in [0.717, 1.165) is 12.8 Å². The summed E-state index contributed by atoms with van der Waals surface area (Å²) in [6.07, 6.45) is 9.16. The second-order valence-corrected chi connectivity index (χ2v) is 7.54. The van der Waals surface area contributed by atoms with Crippen molar-refractivity contribution < 1.29 is 18.6 Å². The number of carbonyl (C=O) groups excluding carboxylic acids is 2. The van der Waals surface area contributed by atoms with Gasteiger partial charge in [-0.1, -0.05) is 47.3 Å². The minimum atomic E-state index is -0.260. The molecule has 0 aromatic rings. The molecule has 4 nitrogen and oxygen atoms in total. The van der Waals surface area contributed by atoms with Crippen LogP contribution >= 0.6 is 26.9 Å². The second kappa shape index (κ2) is 11.8. The predicted octanol–water partition coefficient (Wildman–Crippen LogP) is 4.25. The molecule has 3 unspecified atom stereocenters. The summed E-state index contributed by atoms with van der Waals surface area (Å²) in [5.41, 5.74) is 0. The molecule has 0 radical (unpaired) electrons. The molecule has 23 heavy (non-hydrogen) atoms. The summed E-state index contributed by atoms with van der Waals surface area (Å²) < 4.78 is 11.2. The third-order valence-electron chi connectivity index (χ3n) is 4.25. The molecule has 0 saturated heterocycles. The second-order valence-electron chi connectivity index (χ2n) is 6.09. The van der Waals surface area contributed by atoms with Gasteiger partial charge in [-0.05, 0) is 13.3 Å². The van der Waals surface area contributed by atoms with Crippen molar-refractivity contribution >= 4 is 38.5 Å².